The lowest BCUT2D eigenvalue weighted by molar-refractivity contribution is -0.116. The van der Waals surface area contributed by atoms with Gasteiger partial charge in [0.05, 0.1) is 11.1 Å². The van der Waals surface area contributed by atoms with Crippen LogP contribution in [0.25, 0.3) is 0 Å². The standard InChI is InChI=1S/C19H18N2O3S/c1-25-14-7-4-6-13(12-14)20-17(22)10-5-11-21-18(23)15-8-2-3-9-16(15)19(21)24/h2-4,6-9,12H,5,10-11H2,1H3,(H,20,22). The quantitative estimate of drug-likeness (QED) is 0.638. The number of fused-ring (bicyclic) bond motifs is 1. The highest BCUT2D eigenvalue weighted by Gasteiger charge is 2.34. The van der Waals surface area contributed by atoms with Crippen molar-refractivity contribution in [2.24, 2.45) is 0 Å². The number of thioether (sulfide) groups is 1. The number of nitrogens with zero attached hydrogens (tertiary/aromatic N) is 1. The molecule has 1 heterocycles. The summed E-state index contributed by atoms with van der Waals surface area (Å²) in [6.07, 6.45) is 2.65. The first kappa shape index (κ1) is 17.2. The van der Waals surface area contributed by atoms with Crippen molar-refractivity contribution in [1.29, 1.82) is 0 Å². The first-order valence-electron chi connectivity index (χ1n) is 7.99. The highest BCUT2D eigenvalue weighted by Crippen LogP contribution is 2.23. The van der Waals surface area contributed by atoms with Crippen LogP contribution in [0.1, 0.15) is 33.6 Å². The molecule has 5 nitrogen and oxygen atoms in total. The fourth-order valence-electron chi connectivity index (χ4n) is 2.76. The SMILES string of the molecule is CSc1cccc(NC(=O)CCCN2C(=O)c3ccccc3C2=O)c1. The molecule has 0 radical (unpaired) electrons. The van der Waals surface area contributed by atoms with Crippen LogP contribution in [-0.2, 0) is 4.79 Å². The Balaban J connectivity index is 1.52. The smallest absolute Gasteiger partial charge is 0.261 e. The van der Waals surface area contributed by atoms with Crippen LogP contribution in [-0.4, -0.2) is 35.4 Å². The molecule has 0 aliphatic carbocycles. The van der Waals surface area contributed by atoms with E-state index in [2.05, 4.69) is 5.32 Å². The molecule has 3 rings (SSSR count). The first-order valence-corrected chi connectivity index (χ1v) is 9.22. The van der Waals surface area contributed by atoms with Gasteiger partial charge in [-0.1, -0.05) is 18.2 Å². The maximum Gasteiger partial charge on any atom is 0.261 e. The Hall–Kier alpha value is -2.60. The van der Waals surface area contributed by atoms with E-state index < -0.39 is 0 Å². The van der Waals surface area contributed by atoms with Crippen LogP contribution in [0, 0.1) is 0 Å². The maximum absolute atomic E-state index is 12.2. The van der Waals surface area contributed by atoms with Crippen molar-refractivity contribution in [2.75, 3.05) is 18.1 Å². The van der Waals surface area contributed by atoms with Crippen LogP contribution in [0.2, 0.25) is 0 Å². The van der Waals surface area contributed by atoms with E-state index in [1.54, 1.807) is 36.0 Å². The number of carbonyl (C=O) groups is 3. The molecule has 0 saturated heterocycles. The van der Waals surface area contributed by atoms with E-state index in [9.17, 15) is 14.4 Å². The van der Waals surface area contributed by atoms with Gasteiger partial charge in [0.15, 0.2) is 0 Å². The van der Waals surface area contributed by atoms with Crippen LogP contribution in [0.15, 0.2) is 53.4 Å². The van der Waals surface area contributed by atoms with Crippen LogP contribution in [0.5, 0.6) is 0 Å². The number of anilines is 1. The van der Waals surface area contributed by atoms with Gasteiger partial charge in [-0.05, 0) is 43.0 Å². The summed E-state index contributed by atoms with van der Waals surface area (Å²) in [5.74, 6) is -0.697. The van der Waals surface area contributed by atoms with Crippen LogP contribution >= 0.6 is 11.8 Å². The monoisotopic (exact) mass is 354 g/mol. The molecule has 2 aromatic carbocycles. The van der Waals surface area contributed by atoms with E-state index in [0.717, 1.165) is 10.6 Å². The normalized spacial score (nSPS) is 13.1. The van der Waals surface area contributed by atoms with Crippen molar-refractivity contribution in [3.8, 4) is 0 Å². The lowest BCUT2D eigenvalue weighted by Gasteiger charge is -2.13. The molecule has 1 aliphatic rings. The number of amides is 3. The average molecular weight is 354 g/mol. The Morgan fingerprint density at radius 1 is 1.04 bits per heavy atom. The summed E-state index contributed by atoms with van der Waals surface area (Å²) >= 11 is 1.61. The van der Waals surface area contributed by atoms with Gasteiger partial charge in [0.2, 0.25) is 5.91 Å². The molecule has 128 valence electrons. The Morgan fingerprint density at radius 3 is 2.36 bits per heavy atom. The van der Waals surface area contributed by atoms with E-state index in [1.165, 1.54) is 4.90 Å². The third-order valence-electron chi connectivity index (χ3n) is 4.02. The molecule has 0 saturated carbocycles. The Morgan fingerprint density at radius 2 is 1.72 bits per heavy atom. The molecule has 3 amide bonds. The minimum Gasteiger partial charge on any atom is -0.326 e. The summed E-state index contributed by atoms with van der Waals surface area (Å²) in [6, 6.07) is 14.4. The number of hydrogen-bond acceptors (Lipinski definition) is 4. The second kappa shape index (κ2) is 7.53. The molecular formula is C19H18N2O3S. The second-order valence-electron chi connectivity index (χ2n) is 5.69. The summed E-state index contributed by atoms with van der Waals surface area (Å²) in [5, 5.41) is 2.84. The third-order valence-corrected chi connectivity index (χ3v) is 4.74. The number of carbonyl (C=O) groups excluding carboxylic acids is 3. The van der Waals surface area contributed by atoms with Gasteiger partial charge in [-0.15, -0.1) is 11.8 Å². The lowest BCUT2D eigenvalue weighted by atomic mass is 10.1. The molecule has 0 spiro atoms. The van der Waals surface area contributed by atoms with Gasteiger partial charge in [0.25, 0.3) is 11.8 Å². The van der Waals surface area contributed by atoms with Gasteiger partial charge in [-0.3, -0.25) is 19.3 Å². The molecule has 25 heavy (non-hydrogen) atoms. The van der Waals surface area contributed by atoms with Gasteiger partial charge < -0.3 is 5.32 Å². The van der Waals surface area contributed by atoms with E-state index in [1.807, 2.05) is 30.5 Å². The van der Waals surface area contributed by atoms with E-state index >= 15 is 0 Å². The summed E-state index contributed by atoms with van der Waals surface area (Å²) in [7, 11) is 0. The molecule has 0 aromatic heterocycles. The number of hydrogen-bond donors (Lipinski definition) is 1. The molecular weight excluding hydrogens is 336 g/mol. The highest BCUT2D eigenvalue weighted by atomic mass is 32.2. The van der Waals surface area contributed by atoms with Crippen molar-refractivity contribution < 1.29 is 14.4 Å². The number of imide groups is 1. The minimum absolute atomic E-state index is 0.130. The highest BCUT2D eigenvalue weighted by molar-refractivity contribution is 7.98. The Labute approximate surface area is 150 Å². The van der Waals surface area contributed by atoms with Gasteiger partial charge in [-0.25, -0.2) is 0 Å². The van der Waals surface area contributed by atoms with Crippen LogP contribution in [0.3, 0.4) is 0 Å². The van der Waals surface area contributed by atoms with Crippen molar-refractivity contribution >= 4 is 35.2 Å². The van der Waals surface area contributed by atoms with Gasteiger partial charge in [-0.2, -0.15) is 0 Å². The maximum atomic E-state index is 12.2. The second-order valence-corrected chi connectivity index (χ2v) is 6.57. The molecule has 0 bridgehead atoms. The molecule has 0 fully saturated rings. The predicted molar refractivity (Wildman–Crippen MR) is 97.9 cm³/mol. The molecule has 0 atom stereocenters. The van der Waals surface area contributed by atoms with Crippen molar-refractivity contribution in [3.05, 3.63) is 59.7 Å². The average Bonchev–Trinajstić information content (AvgIpc) is 2.87. The molecule has 2 aromatic rings. The summed E-state index contributed by atoms with van der Waals surface area (Å²) < 4.78 is 0. The van der Waals surface area contributed by atoms with Crippen LogP contribution < -0.4 is 5.32 Å². The van der Waals surface area contributed by atoms with Crippen molar-refractivity contribution in [2.45, 2.75) is 17.7 Å². The van der Waals surface area contributed by atoms with Gasteiger partial charge in [0, 0.05) is 23.5 Å². The van der Waals surface area contributed by atoms with E-state index in [0.29, 0.717) is 17.5 Å². The summed E-state index contributed by atoms with van der Waals surface area (Å²) in [5.41, 5.74) is 1.62. The largest absolute Gasteiger partial charge is 0.326 e. The van der Waals surface area contributed by atoms with Gasteiger partial charge in [0.1, 0.15) is 0 Å². The topological polar surface area (TPSA) is 66.5 Å². The lowest BCUT2D eigenvalue weighted by Crippen LogP contribution is -2.31. The Kier molecular flexibility index (Phi) is 5.19. The molecule has 6 heteroatoms. The number of benzene rings is 2. The zero-order chi connectivity index (χ0) is 17.8. The fourth-order valence-corrected chi connectivity index (χ4v) is 3.22. The number of rotatable bonds is 6. The molecule has 1 N–H and O–H groups in total. The van der Waals surface area contributed by atoms with Crippen molar-refractivity contribution in [3.63, 3.8) is 0 Å². The summed E-state index contributed by atoms with van der Waals surface area (Å²) in [4.78, 5) is 38.8. The third kappa shape index (κ3) is 3.74. The molecule has 0 unspecified atom stereocenters. The fraction of sp³-hybridized carbons (Fsp3) is 0.211. The van der Waals surface area contributed by atoms with Crippen LogP contribution in [0.4, 0.5) is 5.69 Å². The predicted octanol–water partition coefficient (Wildman–Crippen LogP) is 3.42. The van der Waals surface area contributed by atoms with Crippen molar-refractivity contribution in [1.82, 2.24) is 4.90 Å². The number of nitrogens with one attached hydrogen (secondary N) is 1. The zero-order valence-corrected chi connectivity index (χ0v) is 14.6. The zero-order valence-electron chi connectivity index (χ0n) is 13.8. The van der Waals surface area contributed by atoms with E-state index in [-0.39, 0.29) is 30.7 Å². The van der Waals surface area contributed by atoms with Gasteiger partial charge >= 0.3 is 0 Å². The minimum atomic E-state index is -0.284. The Bertz CT molecular complexity index is 800. The molecule has 1 aliphatic heterocycles. The summed E-state index contributed by atoms with van der Waals surface area (Å²) in [6.45, 7) is 0.241. The first-order chi connectivity index (χ1) is 12.1. The van der Waals surface area contributed by atoms with E-state index in [4.69, 9.17) is 0 Å².